The van der Waals surface area contributed by atoms with E-state index in [4.69, 9.17) is 15.4 Å². The fraction of sp³-hybridized carbons (Fsp3) is 1.00. The Hall–Kier alpha value is -0.770. The van der Waals surface area contributed by atoms with Crippen LogP contribution in [0.5, 0.6) is 0 Å². The Labute approximate surface area is 64.6 Å². The SMILES string of the molecule is C[C@H]1CC[C@](CO)(N=[N+]=[N-])O1. The molecule has 1 N–H and O–H groups in total. The van der Waals surface area contributed by atoms with Gasteiger partial charge in [0.1, 0.15) is 0 Å². The number of hydrogen-bond acceptors (Lipinski definition) is 3. The van der Waals surface area contributed by atoms with Crippen LogP contribution < -0.4 is 0 Å². The first kappa shape index (κ1) is 8.33. The summed E-state index contributed by atoms with van der Waals surface area (Å²) >= 11 is 0. The zero-order chi connectivity index (χ0) is 8.32. The summed E-state index contributed by atoms with van der Waals surface area (Å²) in [5, 5.41) is 12.3. The maximum Gasteiger partial charge on any atom is 0.170 e. The molecule has 0 aromatic heterocycles. The van der Waals surface area contributed by atoms with Crippen LogP contribution in [0.25, 0.3) is 10.4 Å². The Morgan fingerprint density at radius 1 is 1.91 bits per heavy atom. The Bertz CT molecular complexity index is 190. The average molecular weight is 157 g/mol. The number of hydrogen-bond donors (Lipinski definition) is 1. The highest BCUT2D eigenvalue weighted by Crippen LogP contribution is 2.30. The molecule has 1 heterocycles. The second-order valence-corrected chi connectivity index (χ2v) is 2.76. The van der Waals surface area contributed by atoms with Gasteiger partial charge in [-0.15, -0.1) is 0 Å². The van der Waals surface area contributed by atoms with E-state index in [1.165, 1.54) is 0 Å². The maximum atomic E-state index is 8.88. The highest BCUT2D eigenvalue weighted by atomic mass is 16.5. The summed E-state index contributed by atoms with van der Waals surface area (Å²) in [6.07, 6.45) is 1.52. The fourth-order valence-corrected chi connectivity index (χ4v) is 1.22. The van der Waals surface area contributed by atoms with Gasteiger partial charge in [-0.25, -0.2) is 0 Å². The van der Waals surface area contributed by atoms with E-state index in [-0.39, 0.29) is 12.7 Å². The molecule has 0 aromatic carbocycles. The van der Waals surface area contributed by atoms with E-state index in [2.05, 4.69) is 10.0 Å². The van der Waals surface area contributed by atoms with Crippen LogP contribution in [0.2, 0.25) is 0 Å². The molecule has 2 atom stereocenters. The van der Waals surface area contributed by atoms with Crippen molar-refractivity contribution in [3.8, 4) is 0 Å². The Morgan fingerprint density at radius 3 is 3.00 bits per heavy atom. The molecule has 5 heteroatoms. The van der Waals surface area contributed by atoms with Crippen molar-refractivity contribution in [3.63, 3.8) is 0 Å². The minimum absolute atomic E-state index is 0.0765. The minimum atomic E-state index is -0.978. The van der Waals surface area contributed by atoms with Crippen LogP contribution in [-0.4, -0.2) is 23.5 Å². The van der Waals surface area contributed by atoms with Gasteiger partial charge in [0.05, 0.1) is 12.7 Å². The molecule has 1 rings (SSSR count). The second-order valence-electron chi connectivity index (χ2n) is 2.76. The Kier molecular flexibility index (Phi) is 2.34. The van der Waals surface area contributed by atoms with E-state index < -0.39 is 5.72 Å². The monoisotopic (exact) mass is 157 g/mol. The van der Waals surface area contributed by atoms with Crippen molar-refractivity contribution < 1.29 is 9.84 Å². The first-order chi connectivity index (χ1) is 5.22. The van der Waals surface area contributed by atoms with Gasteiger partial charge in [0, 0.05) is 4.91 Å². The zero-order valence-electron chi connectivity index (χ0n) is 6.40. The zero-order valence-corrected chi connectivity index (χ0v) is 6.40. The van der Waals surface area contributed by atoms with Crippen LogP contribution in [0.15, 0.2) is 5.11 Å². The number of aliphatic hydroxyl groups is 1. The summed E-state index contributed by atoms with van der Waals surface area (Å²) in [6.45, 7) is 1.66. The van der Waals surface area contributed by atoms with Crippen molar-refractivity contribution in [3.05, 3.63) is 10.4 Å². The molecule has 1 saturated heterocycles. The molecule has 11 heavy (non-hydrogen) atoms. The molecular weight excluding hydrogens is 146 g/mol. The smallest absolute Gasteiger partial charge is 0.170 e. The number of nitrogens with zero attached hydrogens (tertiary/aromatic N) is 3. The van der Waals surface area contributed by atoms with Gasteiger partial charge in [-0.05, 0) is 25.3 Å². The highest BCUT2D eigenvalue weighted by molar-refractivity contribution is 4.85. The lowest BCUT2D eigenvalue weighted by Gasteiger charge is -2.19. The lowest BCUT2D eigenvalue weighted by Crippen LogP contribution is -2.30. The van der Waals surface area contributed by atoms with Gasteiger partial charge >= 0.3 is 0 Å². The second kappa shape index (κ2) is 3.09. The van der Waals surface area contributed by atoms with Gasteiger partial charge in [-0.3, -0.25) is 0 Å². The van der Waals surface area contributed by atoms with Gasteiger partial charge in [0.15, 0.2) is 5.72 Å². The third kappa shape index (κ3) is 1.63. The van der Waals surface area contributed by atoms with Crippen molar-refractivity contribution in [1.29, 1.82) is 0 Å². The van der Waals surface area contributed by atoms with E-state index in [1.807, 2.05) is 6.92 Å². The maximum absolute atomic E-state index is 8.88. The Balaban J connectivity index is 2.69. The molecule has 0 spiro atoms. The van der Waals surface area contributed by atoms with E-state index >= 15 is 0 Å². The van der Waals surface area contributed by atoms with Gasteiger partial charge < -0.3 is 9.84 Å². The topological polar surface area (TPSA) is 78.2 Å². The lowest BCUT2D eigenvalue weighted by molar-refractivity contribution is -0.0625. The molecule has 0 aromatic rings. The van der Waals surface area contributed by atoms with Crippen molar-refractivity contribution in [2.75, 3.05) is 6.61 Å². The fourth-order valence-electron chi connectivity index (χ4n) is 1.22. The van der Waals surface area contributed by atoms with Crippen LogP contribution in [0.3, 0.4) is 0 Å². The highest BCUT2D eigenvalue weighted by Gasteiger charge is 2.37. The van der Waals surface area contributed by atoms with E-state index in [1.54, 1.807) is 0 Å². The van der Waals surface area contributed by atoms with Crippen LogP contribution in [-0.2, 0) is 4.74 Å². The van der Waals surface area contributed by atoms with Gasteiger partial charge in [-0.1, -0.05) is 5.11 Å². The Morgan fingerprint density at radius 2 is 2.64 bits per heavy atom. The quantitative estimate of drug-likeness (QED) is 0.371. The van der Waals surface area contributed by atoms with Crippen molar-refractivity contribution in [2.45, 2.75) is 31.6 Å². The predicted octanol–water partition coefficient (Wildman–Crippen LogP) is 1.18. The molecule has 0 bridgehead atoms. The molecule has 0 unspecified atom stereocenters. The summed E-state index contributed by atoms with van der Waals surface area (Å²) in [7, 11) is 0. The average Bonchev–Trinajstić information content (AvgIpc) is 2.34. The molecule has 62 valence electrons. The van der Waals surface area contributed by atoms with Crippen LogP contribution in [0.4, 0.5) is 0 Å². The van der Waals surface area contributed by atoms with Crippen molar-refractivity contribution >= 4 is 0 Å². The van der Waals surface area contributed by atoms with Crippen molar-refractivity contribution in [1.82, 2.24) is 0 Å². The molecular formula is C6H11N3O2. The lowest BCUT2D eigenvalue weighted by atomic mass is 10.1. The number of rotatable bonds is 2. The molecule has 1 fully saturated rings. The van der Waals surface area contributed by atoms with Crippen molar-refractivity contribution in [2.24, 2.45) is 5.11 Å². The van der Waals surface area contributed by atoms with Gasteiger partial charge in [-0.2, -0.15) is 0 Å². The third-order valence-electron chi connectivity index (χ3n) is 1.84. The first-order valence-corrected chi connectivity index (χ1v) is 3.57. The number of azide groups is 1. The summed E-state index contributed by atoms with van der Waals surface area (Å²) in [5.74, 6) is 0. The molecule has 5 nitrogen and oxygen atoms in total. The largest absolute Gasteiger partial charge is 0.393 e. The molecule has 1 aliphatic heterocycles. The van der Waals surface area contributed by atoms with E-state index in [0.29, 0.717) is 6.42 Å². The summed E-state index contributed by atoms with van der Waals surface area (Å²) in [5.41, 5.74) is 7.20. The van der Waals surface area contributed by atoms with Crippen LogP contribution in [0.1, 0.15) is 19.8 Å². The molecule has 0 saturated carbocycles. The van der Waals surface area contributed by atoms with Crippen LogP contribution >= 0.6 is 0 Å². The number of ether oxygens (including phenoxy) is 1. The normalized spacial score (nSPS) is 36.7. The number of aliphatic hydroxyl groups excluding tert-OH is 1. The summed E-state index contributed by atoms with van der Waals surface area (Å²) in [6, 6.07) is 0. The predicted molar refractivity (Wildman–Crippen MR) is 38.7 cm³/mol. The first-order valence-electron chi connectivity index (χ1n) is 3.57. The van der Waals surface area contributed by atoms with E-state index in [0.717, 1.165) is 6.42 Å². The summed E-state index contributed by atoms with van der Waals surface area (Å²) < 4.78 is 5.27. The van der Waals surface area contributed by atoms with Gasteiger partial charge in [0.2, 0.25) is 0 Å². The standard InChI is InChI=1S/C6H11N3O2/c1-5-2-3-6(4-10,11-5)8-9-7/h5,10H,2-4H2,1H3/t5-,6-/m0/s1. The molecule has 0 aliphatic carbocycles. The van der Waals surface area contributed by atoms with Crippen LogP contribution in [0, 0.1) is 0 Å². The summed E-state index contributed by atoms with van der Waals surface area (Å²) in [4.78, 5) is 2.64. The van der Waals surface area contributed by atoms with E-state index in [9.17, 15) is 0 Å². The minimum Gasteiger partial charge on any atom is -0.393 e. The molecule has 1 aliphatic rings. The van der Waals surface area contributed by atoms with Gasteiger partial charge in [0.25, 0.3) is 0 Å². The molecule has 0 amide bonds. The molecule has 0 radical (unpaired) electrons. The third-order valence-corrected chi connectivity index (χ3v) is 1.84.